The molecule has 0 saturated carbocycles. The third-order valence-corrected chi connectivity index (χ3v) is 4.09. The molecule has 0 spiro atoms. The van der Waals surface area contributed by atoms with Gasteiger partial charge in [-0.05, 0) is 42.5 Å². The molecular weight excluding hydrogens is 372 g/mol. The number of anilines is 4. The monoisotopic (exact) mass is 388 g/mol. The van der Waals surface area contributed by atoms with E-state index in [4.69, 9.17) is 5.11 Å². The summed E-state index contributed by atoms with van der Waals surface area (Å²) in [5.74, 6) is -0.598. The first-order valence-corrected chi connectivity index (χ1v) is 8.65. The van der Waals surface area contributed by atoms with Crippen molar-refractivity contribution < 1.29 is 14.7 Å². The number of H-pyrrole nitrogens is 1. The maximum Gasteiger partial charge on any atom is 0.352 e. The molecular formula is C20H16N6O3. The smallest absolute Gasteiger partial charge is 0.352 e. The zero-order valence-corrected chi connectivity index (χ0v) is 15.0. The number of carboxylic acids is 1. The van der Waals surface area contributed by atoms with Crippen molar-refractivity contribution in [1.29, 1.82) is 0 Å². The van der Waals surface area contributed by atoms with Gasteiger partial charge in [0.2, 0.25) is 0 Å². The fourth-order valence-electron chi connectivity index (χ4n) is 2.74. The maximum absolute atomic E-state index is 12.1. The predicted octanol–water partition coefficient (Wildman–Crippen LogP) is 4.04. The Kier molecular flexibility index (Phi) is 4.77. The summed E-state index contributed by atoms with van der Waals surface area (Å²) in [6.45, 7) is 0. The fraction of sp³-hybridized carbons (Fsp3) is 0. The highest BCUT2D eigenvalue weighted by atomic mass is 16.4. The zero-order chi connectivity index (χ0) is 20.2. The zero-order valence-electron chi connectivity index (χ0n) is 15.0. The van der Waals surface area contributed by atoms with Crippen molar-refractivity contribution in [2.45, 2.75) is 0 Å². The Balaban J connectivity index is 1.45. The summed E-state index contributed by atoms with van der Waals surface area (Å²) in [5.41, 5.74) is 2.50. The van der Waals surface area contributed by atoms with Gasteiger partial charge in [-0.3, -0.25) is 0 Å². The van der Waals surface area contributed by atoms with E-state index in [2.05, 4.69) is 30.9 Å². The molecule has 0 fully saturated rings. The van der Waals surface area contributed by atoms with Crippen molar-refractivity contribution >= 4 is 45.9 Å². The molecule has 0 atom stereocenters. The van der Waals surface area contributed by atoms with Gasteiger partial charge in [0.1, 0.15) is 23.5 Å². The first-order chi connectivity index (χ1) is 14.1. The highest BCUT2D eigenvalue weighted by molar-refractivity contribution is 6.00. The molecule has 2 aromatic heterocycles. The summed E-state index contributed by atoms with van der Waals surface area (Å²) in [6.07, 6.45) is 1.34. The van der Waals surface area contributed by atoms with E-state index in [0.29, 0.717) is 28.2 Å². The Hall–Kier alpha value is -4.40. The molecule has 144 valence electrons. The second-order valence-electron chi connectivity index (χ2n) is 6.12. The highest BCUT2D eigenvalue weighted by Gasteiger charge is 2.12. The number of hydrogen-bond donors (Lipinski definition) is 5. The Bertz CT molecular complexity index is 1170. The number of carboxylic acid groups (broad SMARTS) is 1. The number of carbonyl (C=O) groups excluding carboxylic acids is 1. The standard InChI is InChI=1S/C20H16N6O3/c27-19(28)16-10-15-17(21-11-22-18(15)26-16)23-13-6-8-14(9-7-13)25-20(29)24-12-4-2-1-3-5-12/h1-11H,(H,27,28)(H2,24,25,29)(H2,21,22,23,26). The second kappa shape index (κ2) is 7.69. The average molecular weight is 388 g/mol. The number of amides is 2. The number of benzene rings is 2. The van der Waals surface area contributed by atoms with Crippen molar-refractivity contribution in [2.24, 2.45) is 0 Å². The molecule has 9 nitrogen and oxygen atoms in total. The summed E-state index contributed by atoms with van der Waals surface area (Å²) >= 11 is 0. The van der Waals surface area contributed by atoms with E-state index in [1.165, 1.54) is 12.4 Å². The molecule has 0 radical (unpaired) electrons. The van der Waals surface area contributed by atoms with Gasteiger partial charge in [-0.25, -0.2) is 19.6 Å². The predicted molar refractivity (Wildman–Crippen MR) is 110 cm³/mol. The molecule has 0 bridgehead atoms. The molecule has 2 amide bonds. The van der Waals surface area contributed by atoms with Gasteiger partial charge in [0.25, 0.3) is 0 Å². The molecule has 0 aliphatic heterocycles. The van der Waals surface area contributed by atoms with Crippen LogP contribution in [0, 0.1) is 0 Å². The van der Waals surface area contributed by atoms with E-state index in [-0.39, 0.29) is 11.7 Å². The first kappa shape index (κ1) is 18.0. The Morgan fingerprint density at radius 1 is 0.862 bits per heavy atom. The molecule has 9 heteroatoms. The second-order valence-corrected chi connectivity index (χ2v) is 6.12. The molecule has 4 rings (SSSR count). The molecule has 4 aromatic rings. The molecule has 0 aliphatic carbocycles. The van der Waals surface area contributed by atoms with Gasteiger partial charge >= 0.3 is 12.0 Å². The lowest BCUT2D eigenvalue weighted by molar-refractivity contribution is 0.0691. The number of nitrogens with zero attached hydrogens (tertiary/aromatic N) is 2. The number of hydrogen-bond acceptors (Lipinski definition) is 5. The molecule has 2 aromatic carbocycles. The van der Waals surface area contributed by atoms with Crippen LogP contribution < -0.4 is 16.0 Å². The van der Waals surface area contributed by atoms with E-state index < -0.39 is 5.97 Å². The van der Waals surface area contributed by atoms with Gasteiger partial charge in [-0.2, -0.15) is 0 Å². The lowest BCUT2D eigenvalue weighted by atomic mass is 10.2. The van der Waals surface area contributed by atoms with E-state index in [9.17, 15) is 9.59 Å². The Labute approximate surface area is 164 Å². The van der Waals surface area contributed by atoms with Gasteiger partial charge in [0.05, 0.1) is 5.39 Å². The number of rotatable bonds is 5. The third kappa shape index (κ3) is 4.14. The minimum atomic E-state index is -1.07. The van der Waals surface area contributed by atoms with Gasteiger partial charge in [-0.1, -0.05) is 18.2 Å². The topological polar surface area (TPSA) is 132 Å². The van der Waals surface area contributed by atoms with Gasteiger partial charge < -0.3 is 26.0 Å². The molecule has 2 heterocycles. The van der Waals surface area contributed by atoms with Crippen LogP contribution in [0.4, 0.5) is 27.7 Å². The van der Waals surface area contributed by atoms with E-state index in [0.717, 1.165) is 5.69 Å². The van der Waals surface area contributed by atoms with Gasteiger partial charge in [0, 0.05) is 17.1 Å². The quantitative estimate of drug-likeness (QED) is 0.350. The summed E-state index contributed by atoms with van der Waals surface area (Å²) in [7, 11) is 0. The van der Waals surface area contributed by atoms with Crippen LogP contribution in [-0.4, -0.2) is 32.1 Å². The number of carbonyl (C=O) groups is 2. The first-order valence-electron chi connectivity index (χ1n) is 8.65. The number of urea groups is 1. The molecule has 5 N–H and O–H groups in total. The number of aromatic carboxylic acids is 1. The minimum absolute atomic E-state index is 0.0347. The van der Waals surface area contributed by atoms with Crippen LogP contribution in [-0.2, 0) is 0 Å². The lowest BCUT2D eigenvalue weighted by Gasteiger charge is -2.09. The summed E-state index contributed by atoms with van der Waals surface area (Å²) < 4.78 is 0. The van der Waals surface area contributed by atoms with E-state index in [1.54, 1.807) is 36.4 Å². The number of fused-ring (bicyclic) bond motifs is 1. The van der Waals surface area contributed by atoms with Gasteiger partial charge in [0.15, 0.2) is 0 Å². The number of nitrogens with one attached hydrogen (secondary N) is 4. The van der Waals surface area contributed by atoms with Crippen LogP contribution in [0.2, 0.25) is 0 Å². The average Bonchev–Trinajstić information content (AvgIpc) is 3.16. The van der Waals surface area contributed by atoms with Crippen LogP contribution >= 0.6 is 0 Å². The lowest BCUT2D eigenvalue weighted by Crippen LogP contribution is -2.19. The van der Waals surface area contributed by atoms with Crippen LogP contribution in [0.25, 0.3) is 11.0 Å². The molecule has 0 aliphatic rings. The largest absolute Gasteiger partial charge is 0.477 e. The van der Waals surface area contributed by atoms with Crippen molar-refractivity contribution in [3.05, 3.63) is 72.7 Å². The SMILES string of the molecule is O=C(Nc1ccccc1)Nc1ccc(Nc2ncnc3[nH]c(C(=O)O)cc23)cc1. The normalized spacial score (nSPS) is 10.5. The minimum Gasteiger partial charge on any atom is -0.477 e. The van der Waals surface area contributed by atoms with Gasteiger partial charge in [-0.15, -0.1) is 0 Å². The Morgan fingerprint density at radius 2 is 1.52 bits per heavy atom. The van der Waals surface area contributed by atoms with E-state index in [1.807, 2.05) is 18.2 Å². The third-order valence-electron chi connectivity index (χ3n) is 4.09. The number of aromatic amines is 1. The summed E-state index contributed by atoms with van der Waals surface area (Å²) in [4.78, 5) is 34.1. The van der Waals surface area contributed by atoms with Crippen LogP contribution in [0.3, 0.4) is 0 Å². The van der Waals surface area contributed by atoms with Crippen molar-refractivity contribution in [3.8, 4) is 0 Å². The Morgan fingerprint density at radius 3 is 2.21 bits per heavy atom. The van der Waals surface area contributed by atoms with Crippen molar-refractivity contribution in [3.63, 3.8) is 0 Å². The van der Waals surface area contributed by atoms with Crippen LogP contribution in [0.1, 0.15) is 10.5 Å². The number of aromatic nitrogens is 3. The van der Waals surface area contributed by atoms with E-state index >= 15 is 0 Å². The molecule has 0 saturated heterocycles. The highest BCUT2D eigenvalue weighted by Crippen LogP contribution is 2.24. The van der Waals surface area contributed by atoms with Crippen LogP contribution in [0.15, 0.2) is 67.0 Å². The summed E-state index contributed by atoms with van der Waals surface area (Å²) in [5, 5.41) is 18.3. The summed E-state index contributed by atoms with van der Waals surface area (Å²) in [6, 6.07) is 17.3. The van der Waals surface area contributed by atoms with Crippen molar-refractivity contribution in [1.82, 2.24) is 15.0 Å². The molecule has 29 heavy (non-hydrogen) atoms. The molecule has 0 unspecified atom stereocenters. The fourth-order valence-corrected chi connectivity index (χ4v) is 2.74. The maximum atomic E-state index is 12.1. The van der Waals surface area contributed by atoms with Crippen LogP contribution in [0.5, 0.6) is 0 Å². The number of para-hydroxylation sites is 1. The van der Waals surface area contributed by atoms with Crippen molar-refractivity contribution in [2.75, 3.05) is 16.0 Å².